The summed E-state index contributed by atoms with van der Waals surface area (Å²) < 4.78 is 10.0. The zero-order valence-electron chi connectivity index (χ0n) is 10.9. The van der Waals surface area contributed by atoms with E-state index in [2.05, 4.69) is 20.0 Å². The summed E-state index contributed by atoms with van der Waals surface area (Å²) in [5.74, 6) is 1.68. The highest BCUT2D eigenvalue weighted by atomic mass is 16.5. The van der Waals surface area contributed by atoms with Crippen LogP contribution in [0.5, 0.6) is 0 Å². The largest absolute Gasteiger partial charge is 0.381 e. The lowest BCUT2D eigenvalue weighted by Gasteiger charge is -2.21. The Balaban J connectivity index is 1.39. The van der Waals surface area contributed by atoms with Gasteiger partial charge >= 0.3 is 0 Å². The third kappa shape index (κ3) is 5.14. The zero-order chi connectivity index (χ0) is 12.5. The monoisotopic (exact) mass is 253 g/mol. The lowest BCUT2D eigenvalue weighted by Crippen LogP contribution is -2.20. The van der Waals surface area contributed by atoms with E-state index in [0.29, 0.717) is 0 Å². The predicted molar refractivity (Wildman–Crippen MR) is 68.3 cm³/mol. The van der Waals surface area contributed by atoms with Crippen LogP contribution in [0.1, 0.15) is 37.9 Å². The first-order chi connectivity index (χ1) is 8.95. The molecular formula is C13H23N3O2. The lowest BCUT2D eigenvalue weighted by atomic mass is 9.94. The number of ether oxygens (including phenoxy) is 1. The van der Waals surface area contributed by atoms with Crippen LogP contribution >= 0.6 is 0 Å². The van der Waals surface area contributed by atoms with Crippen molar-refractivity contribution < 1.29 is 9.26 Å². The Bertz CT molecular complexity index is 297. The lowest BCUT2D eigenvalue weighted by molar-refractivity contribution is 0.0632. The SMILES string of the molecule is c1nc(CCNCCCCC2CCOCC2)no1. The molecule has 1 aliphatic rings. The van der Waals surface area contributed by atoms with Gasteiger partial charge in [0.15, 0.2) is 5.82 Å². The molecule has 0 amide bonds. The standard InChI is InChI=1S/C13H23N3O2/c1(3-12-5-9-17-10-6-12)2-7-14-8-4-13-15-11-18-16-13/h11-12,14H,1-10H2. The molecule has 0 unspecified atom stereocenters. The second kappa shape index (κ2) is 8.21. The van der Waals surface area contributed by atoms with Gasteiger partial charge in [0, 0.05) is 26.2 Å². The average molecular weight is 253 g/mol. The van der Waals surface area contributed by atoms with Crippen molar-refractivity contribution in [1.29, 1.82) is 0 Å². The van der Waals surface area contributed by atoms with Gasteiger partial charge in [-0.3, -0.25) is 0 Å². The summed E-state index contributed by atoms with van der Waals surface area (Å²) in [5, 5.41) is 7.19. The number of rotatable bonds is 8. The van der Waals surface area contributed by atoms with Gasteiger partial charge in [-0.15, -0.1) is 0 Å². The van der Waals surface area contributed by atoms with Crippen LogP contribution in [-0.2, 0) is 11.2 Å². The van der Waals surface area contributed by atoms with Crippen molar-refractivity contribution in [2.75, 3.05) is 26.3 Å². The quantitative estimate of drug-likeness (QED) is 0.716. The Morgan fingerprint density at radius 2 is 2.11 bits per heavy atom. The van der Waals surface area contributed by atoms with Crippen molar-refractivity contribution in [3.05, 3.63) is 12.2 Å². The van der Waals surface area contributed by atoms with E-state index in [-0.39, 0.29) is 0 Å². The van der Waals surface area contributed by atoms with E-state index < -0.39 is 0 Å². The molecule has 1 aromatic rings. The van der Waals surface area contributed by atoms with E-state index in [1.54, 1.807) is 0 Å². The van der Waals surface area contributed by atoms with Crippen LogP contribution in [0.25, 0.3) is 0 Å². The minimum atomic E-state index is 0.782. The predicted octanol–water partition coefficient (Wildman–Crippen LogP) is 1.80. The Morgan fingerprint density at radius 1 is 1.22 bits per heavy atom. The highest BCUT2D eigenvalue weighted by molar-refractivity contribution is 4.78. The van der Waals surface area contributed by atoms with E-state index >= 15 is 0 Å². The van der Waals surface area contributed by atoms with Gasteiger partial charge in [-0.25, -0.2) is 0 Å². The molecule has 2 rings (SSSR count). The molecule has 0 saturated carbocycles. The molecule has 0 spiro atoms. The molecule has 102 valence electrons. The third-order valence-corrected chi connectivity index (χ3v) is 3.49. The van der Waals surface area contributed by atoms with E-state index in [9.17, 15) is 0 Å². The molecule has 0 radical (unpaired) electrons. The Hall–Kier alpha value is -0.940. The van der Waals surface area contributed by atoms with E-state index in [4.69, 9.17) is 4.74 Å². The number of nitrogens with one attached hydrogen (secondary N) is 1. The van der Waals surface area contributed by atoms with Gasteiger partial charge in [0.05, 0.1) is 0 Å². The number of nitrogens with zero attached hydrogens (tertiary/aromatic N) is 2. The number of aromatic nitrogens is 2. The molecule has 1 fully saturated rings. The highest BCUT2D eigenvalue weighted by Gasteiger charge is 2.12. The van der Waals surface area contributed by atoms with Crippen LogP contribution in [0, 0.1) is 5.92 Å². The van der Waals surface area contributed by atoms with Crippen molar-refractivity contribution in [3.8, 4) is 0 Å². The van der Waals surface area contributed by atoms with Crippen molar-refractivity contribution in [3.63, 3.8) is 0 Å². The molecular weight excluding hydrogens is 230 g/mol. The molecule has 1 N–H and O–H groups in total. The molecule has 1 aromatic heterocycles. The fraction of sp³-hybridized carbons (Fsp3) is 0.846. The van der Waals surface area contributed by atoms with Crippen LogP contribution in [0.4, 0.5) is 0 Å². The van der Waals surface area contributed by atoms with E-state index in [0.717, 1.165) is 44.5 Å². The smallest absolute Gasteiger partial charge is 0.213 e. The molecule has 5 nitrogen and oxygen atoms in total. The maximum atomic E-state index is 5.36. The Labute approximate surface area is 108 Å². The average Bonchev–Trinajstić information content (AvgIpc) is 2.92. The summed E-state index contributed by atoms with van der Waals surface area (Å²) >= 11 is 0. The molecule has 0 atom stereocenters. The van der Waals surface area contributed by atoms with Crippen molar-refractivity contribution in [2.24, 2.45) is 5.92 Å². The van der Waals surface area contributed by atoms with Crippen LogP contribution in [-0.4, -0.2) is 36.4 Å². The molecule has 1 saturated heterocycles. The molecule has 5 heteroatoms. The minimum Gasteiger partial charge on any atom is -0.381 e. The van der Waals surface area contributed by atoms with Crippen molar-refractivity contribution >= 4 is 0 Å². The van der Waals surface area contributed by atoms with Crippen LogP contribution in [0.2, 0.25) is 0 Å². The number of hydrogen-bond acceptors (Lipinski definition) is 5. The number of hydrogen-bond donors (Lipinski definition) is 1. The summed E-state index contributed by atoms with van der Waals surface area (Å²) in [5.41, 5.74) is 0. The molecule has 2 heterocycles. The second-order valence-corrected chi connectivity index (χ2v) is 4.90. The minimum absolute atomic E-state index is 0.782. The first-order valence-electron chi connectivity index (χ1n) is 6.99. The highest BCUT2D eigenvalue weighted by Crippen LogP contribution is 2.20. The fourth-order valence-electron chi connectivity index (χ4n) is 2.35. The maximum absolute atomic E-state index is 5.36. The van der Waals surface area contributed by atoms with Crippen LogP contribution in [0.3, 0.4) is 0 Å². The molecule has 0 aliphatic carbocycles. The van der Waals surface area contributed by atoms with E-state index in [1.165, 1.54) is 38.5 Å². The summed E-state index contributed by atoms with van der Waals surface area (Å²) in [4.78, 5) is 3.98. The fourth-order valence-corrected chi connectivity index (χ4v) is 2.35. The second-order valence-electron chi connectivity index (χ2n) is 4.90. The molecule has 0 bridgehead atoms. The van der Waals surface area contributed by atoms with Gasteiger partial charge in [0.2, 0.25) is 6.39 Å². The van der Waals surface area contributed by atoms with Gasteiger partial charge in [0.1, 0.15) is 0 Å². The summed E-state index contributed by atoms with van der Waals surface area (Å²) in [7, 11) is 0. The van der Waals surface area contributed by atoms with Gasteiger partial charge in [-0.05, 0) is 31.7 Å². The van der Waals surface area contributed by atoms with E-state index in [1.807, 2.05) is 0 Å². The van der Waals surface area contributed by atoms with Crippen molar-refractivity contribution in [2.45, 2.75) is 38.5 Å². The zero-order valence-corrected chi connectivity index (χ0v) is 10.9. The van der Waals surface area contributed by atoms with Crippen LogP contribution < -0.4 is 5.32 Å². The van der Waals surface area contributed by atoms with Crippen LogP contribution in [0.15, 0.2) is 10.9 Å². The summed E-state index contributed by atoms with van der Waals surface area (Å²) in [6, 6.07) is 0. The first-order valence-corrected chi connectivity index (χ1v) is 6.99. The maximum Gasteiger partial charge on any atom is 0.213 e. The van der Waals surface area contributed by atoms with Gasteiger partial charge in [-0.2, -0.15) is 4.98 Å². The number of unbranched alkanes of at least 4 members (excludes halogenated alkanes) is 1. The molecule has 0 aromatic carbocycles. The summed E-state index contributed by atoms with van der Waals surface area (Å²) in [6.45, 7) is 3.94. The topological polar surface area (TPSA) is 60.2 Å². The van der Waals surface area contributed by atoms with Gasteiger partial charge in [0.25, 0.3) is 0 Å². The van der Waals surface area contributed by atoms with Gasteiger partial charge < -0.3 is 14.6 Å². The Morgan fingerprint density at radius 3 is 2.89 bits per heavy atom. The molecule has 18 heavy (non-hydrogen) atoms. The molecule has 1 aliphatic heterocycles. The van der Waals surface area contributed by atoms with Crippen molar-refractivity contribution in [1.82, 2.24) is 15.5 Å². The van der Waals surface area contributed by atoms with Gasteiger partial charge in [-0.1, -0.05) is 18.0 Å². The first kappa shape index (κ1) is 13.5. The normalized spacial score (nSPS) is 17.1. The third-order valence-electron chi connectivity index (χ3n) is 3.49. The summed E-state index contributed by atoms with van der Waals surface area (Å²) in [6.07, 6.45) is 8.66. The Kier molecular flexibility index (Phi) is 6.16.